The van der Waals surface area contributed by atoms with Crippen LogP contribution in [0.4, 0.5) is 0 Å². The third-order valence-corrected chi connectivity index (χ3v) is 10.9. The van der Waals surface area contributed by atoms with Crippen LogP contribution >= 0.6 is 0 Å². The molecule has 150 valence electrons. The average Bonchev–Trinajstić information content (AvgIpc) is 2.97. The van der Waals surface area contributed by atoms with Gasteiger partial charge in [-0.15, -0.1) is 0 Å². The summed E-state index contributed by atoms with van der Waals surface area (Å²) in [5.74, 6) is 7.09. The molecule has 4 fully saturated rings. The average molecular weight is 359 g/mol. The second-order valence-corrected chi connectivity index (χ2v) is 12.0. The first-order chi connectivity index (χ1) is 12.4. The molecule has 4 rings (SSSR count). The molecule has 0 heterocycles. The molecule has 0 N–H and O–H groups in total. The van der Waals surface area contributed by atoms with Crippen molar-refractivity contribution in [3.8, 4) is 0 Å². The Hall–Kier alpha value is 0. The maximum atomic E-state index is 2.65. The molecule has 2 bridgehead atoms. The fraction of sp³-hybridized carbons (Fsp3) is 1.00. The fourth-order valence-corrected chi connectivity index (χ4v) is 8.33. The summed E-state index contributed by atoms with van der Waals surface area (Å²) in [6.45, 7) is 12.9. The minimum Gasteiger partial charge on any atom is -0.0622 e. The van der Waals surface area contributed by atoms with Crippen molar-refractivity contribution in [2.75, 3.05) is 0 Å². The predicted octanol–water partition coefficient (Wildman–Crippen LogP) is 8.11. The van der Waals surface area contributed by atoms with E-state index in [1.54, 1.807) is 25.7 Å². The molecule has 0 nitrogen and oxygen atoms in total. The standard InChI is InChI=1S/C26H46/c1-18-10-14-26(17-23(18)19(2)16-20(26)3)15-12-24-21(4)25(24,5)13-11-22-8-6-7-9-22/h18-24H,6-17H2,1-5H3. The van der Waals surface area contributed by atoms with Gasteiger partial charge in [0, 0.05) is 0 Å². The lowest BCUT2D eigenvalue weighted by molar-refractivity contribution is -0.0460. The fourth-order valence-electron chi connectivity index (χ4n) is 8.33. The molecule has 0 amide bonds. The quantitative estimate of drug-likeness (QED) is 0.450. The summed E-state index contributed by atoms with van der Waals surface area (Å²) in [5.41, 5.74) is 1.42. The summed E-state index contributed by atoms with van der Waals surface area (Å²) in [6.07, 6.45) is 18.4. The van der Waals surface area contributed by atoms with E-state index in [4.69, 9.17) is 0 Å². The number of fused-ring (bicyclic) bond motifs is 2. The minimum absolute atomic E-state index is 0.700. The van der Waals surface area contributed by atoms with Crippen molar-refractivity contribution in [2.24, 2.45) is 52.3 Å². The zero-order valence-corrected chi connectivity index (χ0v) is 18.5. The van der Waals surface area contributed by atoms with Crippen molar-refractivity contribution in [1.82, 2.24) is 0 Å². The topological polar surface area (TPSA) is 0 Å². The van der Waals surface area contributed by atoms with Crippen LogP contribution in [-0.4, -0.2) is 0 Å². The molecule has 0 aromatic heterocycles. The summed E-state index contributed by atoms with van der Waals surface area (Å²) in [4.78, 5) is 0. The van der Waals surface area contributed by atoms with Crippen molar-refractivity contribution in [2.45, 2.75) is 112 Å². The van der Waals surface area contributed by atoms with Crippen molar-refractivity contribution >= 4 is 0 Å². The smallest absolute Gasteiger partial charge is 0.0266 e. The van der Waals surface area contributed by atoms with Crippen molar-refractivity contribution in [1.29, 1.82) is 0 Å². The Morgan fingerprint density at radius 3 is 2.31 bits per heavy atom. The minimum atomic E-state index is 0.700. The Kier molecular flexibility index (Phi) is 5.28. The van der Waals surface area contributed by atoms with Crippen LogP contribution in [0.1, 0.15) is 112 Å². The van der Waals surface area contributed by atoms with E-state index in [9.17, 15) is 0 Å². The molecule has 4 saturated carbocycles. The maximum Gasteiger partial charge on any atom is -0.0266 e. The lowest BCUT2D eigenvalue weighted by atomic mass is 9.50. The van der Waals surface area contributed by atoms with Gasteiger partial charge in [-0.3, -0.25) is 0 Å². The Labute approximate surface area is 164 Å². The third-order valence-electron chi connectivity index (χ3n) is 10.9. The summed E-state index contributed by atoms with van der Waals surface area (Å²) >= 11 is 0. The van der Waals surface area contributed by atoms with Crippen LogP contribution in [0.25, 0.3) is 0 Å². The molecule has 0 radical (unpaired) electrons. The van der Waals surface area contributed by atoms with Gasteiger partial charge in [-0.05, 0) is 104 Å². The van der Waals surface area contributed by atoms with Crippen molar-refractivity contribution in [3.63, 3.8) is 0 Å². The lowest BCUT2D eigenvalue weighted by Gasteiger charge is -2.55. The Bertz CT molecular complexity index is 488. The Morgan fingerprint density at radius 1 is 0.846 bits per heavy atom. The number of hydrogen-bond acceptors (Lipinski definition) is 0. The largest absolute Gasteiger partial charge is 0.0622 e. The van der Waals surface area contributed by atoms with Gasteiger partial charge in [-0.1, -0.05) is 60.3 Å². The molecule has 0 heteroatoms. The monoisotopic (exact) mass is 358 g/mol. The van der Waals surface area contributed by atoms with E-state index < -0.39 is 0 Å². The highest BCUT2D eigenvalue weighted by Gasteiger charge is 2.58. The van der Waals surface area contributed by atoms with Crippen LogP contribution in [0.15, 0.2) is 0 Å². The van der Waals surface area contributed by atoms with Gasteiger partial charge in [0.1, 0.15) is 0 Å². The second kappa shape index (κ2) is 7.11. The second-order valence-electron chi connectivity index (χ2n) is 12.0. The molecule has 0 aliphatic heterocycles. The maximum absolute atomic E-state index is 2.65. The first-order valence-electron chi connectivity index (χ1n) is 12.4. The Morgan fingerprint density at radius 2 is 1.58 bits per heavy atom. The highest BCUT2D eigenvalue weighted by atomic mass is 14.6. The highest BCUT2D eigenvalue weighted by molar-refractivity contribution is 5.07. The van der Waals surface area contributed by atoms with Crippen LogP contribution in [0.2, 0.25) is 0 Å². The van der Waals surface area contributed by atoms with Crippen LogP contribution in [0.5, 0.6) is 0 Å². The molecule has 8 unspecified atom stereocenters. The molecule has 0 saturated heterocycles. The van der Waals surface area contributed by atoms with E-state index in [0.29, 0.717) is 5.41 Å². The van der Waals surface area contributed by atoms with Crippen LogP contribution in [0, 0.1) is 52.3 Å². The molecular formula is C26H46. The molecule has 26 heavy (non-hydrogen) atoms. The SMILES string of the molecule is CC1CCC2(CCC3C(C)C3(C)CCC3CCCC3)CC1C(C)CC2C. The van der Waals surface area contributed by atoms with E-state index >= 15 is 0 Å². The van der Waals surface area contributed by atoms with E-state index in [-0.39, 0.29) is 0 Å². The summed E-state index contributed by atoms with van der Waals surface area (Å²) in [6, 6.07) is 0. The third kappa shape index (κ3) is 3.30. The first-order valence-corrected chi connectivity index (χ1v) is 12.4. The first kappa shape index (κ1) is 19.3. The Balaban J connectivity index is 1.33. The van der Waals surface area contributed by atoms with E-state index in [1.807, 2.05) is 0 Å². The van der Waals surface area contributed by atoms with E-state index in [0.717, 1.165) is 46.8 Å². The van der Waals surface area contributed by atoms with Gasteiger partial charge in [0.2, 0.25) is 0 Å². The lowest BCUT2D eigenvalue weighted by Crippen LogP contribution is -2.45. The van der Waals surface area contributed by atoms with Crippen LogP contribution in [0.3, 0.4) is 0 Å². The summed E-state index contributed by atoms with van der Waals surface area (Å²) in [7, 11) is 0. The molecular weight excluding hydrogens is 312 g/mol. The summed E-state index contributed by atoms with van der Waals surface area (Å²) < 4.78 is 0. The van der Waals surface area contributed by atoms with Gasteiger partial charge in [0.25, 0.3) is 0 Å². The van der Waals surface area contributed by atoms with Gasteiger partial charge < -0.3 is 0 Å². The van der Waals surface area contributed by atoms with Gasteiger partial charge in [0.15, 0.2) is 0 Å². The van der Waals surface area contributed by atoms with Gasteiger partial charge in [-0.2, -0.15) is 0 Å². The van der Waals surface area contributed by atoms with Crippen LogP contribution in [-0.2, 0) is 0 Å². The number of hydrogen-bond donors (Lipinski definition) is 0. The van der Waals surface area contributed by atoms with E-state index in [1.165, 1.54) is 51.4 Å². The predicted molar refractivity (Wildman–Crippen MR) is 113 cm³/mol. The molecule has 4 aliphatic carbocycles. The molecule has 4 aliphatic rings. The molecule has 8 atom stereocenters. The molecule has 0 spiro atoms. The van der Waals surface area contributed by atoms with Crippen LogP contribution < -0.4 is 0 Å². The van der Waals surface area contributed by atoms with Gasteiger partial charge >= 0.3 is 0 Å². The van der Waals surface area contributed by atoms with Gasteiger partial charge in [-0.25, -0.2) is 0 Å². The molecule has 0 aromatic carbocycles. The number of rotatable bonds is 6. The van der Waals surface area contributed by atoms with Crippen molar-refractivity contribution in [3.05, 3.63) is 0 Å². The normalized spacial score (nSPS) is 51.6. The zero-order valence-electron chi connectivity index (χ0n) is 18.5. The van der Waals surface area contributed by atoms with E-state index in [2.05, 4.69) is 34.6 Å². The molecule has 0 aromatic rings. The highest BCUT2D eigenvalue weighted by Crippen LogP contribution is 2.66. The zero-order chi connectivity index (χ0) is 18.5. The summed E-state index contributed by atoms with van der Waals surface area (Å²) in [5, 5.41) is 0. The van der Waals surface area contributed by atoms with Crippen molar-refractivity contribution < 1.29 is 0 Å². The van der Waals surface area contributed by atoms with Gasteiger partial charge in [0.05, 0.1) is 0 Å².